The summed E-state index contributed by atoms with van der Waals surface area (Å²) in [5.74, 6) is -2.58. The van der Waals surface area contributed by atoms with Crippen LogP contribution in [0.3, 0.4) is 0 Å². The van der Waals surface area contributed by atoms with Gasteiger partial charge in [-0.15, -0.1) is 0 Å². The molecule has 4 nitrogen and oxygen atoms in total. The van der Waals surface area contributed by atoms with Crippen molar-refractivity contribution >= 4 is 5.97 Å². The van der Waals surface area contributed by atoms with Gasteiger partial charge in [-0.2, -0.15) is 5.10 Å². The van der Waals surface area contributed by atoms with Crippen molar-refractivity contribution in [3.05, 3.63) is 52.9 Å². The summed E-state index contributed by atoms with van der Waals surface area (Å²) in [6.45, 7) is 1.39. The van der Waals surface area contributed by atoms with Crippen molar-refractivity contribution in [2.45, 2.75) is 13.5 Å². The number of aryl methyl sites for hydroxylation is 1. The molecule has 2 aromatic rings. The molecule has 0 radical (unpaired) electrons. The summed E-state index contributed by atoms with van der Waals surface area (Å²) in [5.41, 5.74) is 0.943. The number of aromatic nitrogens is 2. The average molecular weight is 266 g/mol. The predicted molar refractivity (Wildman–Crippen MR) is 63.4 cm³/mol. The Morgan fingerprint density at radius 3 is 2.79 bits per heavy atom. The molecule has 0 saturated heterocycles. The lowest BCUT2D eigenvalue weighted by molar-refractivity contribution is 0.0467. The molecular formula is C13H12F2N2O2. The monoisotopic (exact) mass is 266 g/mol. The van der Waals surface area contributed by atoms with Gasteiger partial charge >= 0.3 is 5.97 Å². The minimum absolute atomic E-state index is 0.00473. The van der Waals surface area contributed by atoms with Gasteiger partial charge in [0.25, 0.3) is 0 Å². The lowest BCUT2D eigenvalue weighted by Gasteiger charge is -2.06. The number of benzene rings is 1. The highest BCUT2D eigenvalue weighted by Crippen LogP contribution is 2.14. The number of esters is 1. The van der Waals surface area contributed by atoms with Gasteiger partial charge in [-0.05, 0) is 13.0 Å². The predicted octanol–water partition coefficient (Wildman–Crippen LogP) is 2.36. The first-order chi connectivity index (χ1) is 9.00. The molecule has 2 rings (SSSR count). The van der Waals surface area contributed by atoms with E-state index in [1.165, 1.54) is 23.0 Å². The summed E-state index contributed by atoms with van der Waals surface area (Å²) in [4.78, 5) is 11.8. The molecule has 0 unspecified atom stereocenters. The van der Waals surface area contributed by atoms with Gasteiger partial charge in [-0.25, -0.2) is 13.6 Å². The Kier molecular flexibility index (Phi) is 3.59. The number of hydrogen-bond donors (Lipinski definition) is 0. The minimum Gasteiger partial charge on any atom is -0.457 e. The summed E-state index contributed by atoms with van der Waals surface area (Å²) >= 11 is 0. The normalized spacial score (nSPS) is 10.5. The molecule has 0 bridgehead atoms. The molecular weight excluding hydrogens is 254 g/mol. The quantitative estimate of drug-likeness (QED) is 0.801. The van der Waals surface area contributed by atoms with Crippen LogP contribution in [0.15, 0.2) is 24.4 Å². The van der Waals surface area contributed by atoms with E-state index >= 15 is 0 Å². The highest BCUT2D eigenvalue weighted by molar-refractivity contribution is 5.90. The molecule has 0 aliphatic heterocycles. The summed E-state index contributed by atoms with van der Waals surface area (Å²) in [6, 6.07) is 3.73. The third kappa shape index (κ3) is 2.62. The second-order valence-electron chi connectivity index (χ2n) is 4.06. The molecule has 1 aromatic heterocycles. The van der Waals surface area contributed by atoms with Crippen LogP contribution >= 0.6 is 0 Å². The van der Waals surface area contributed by atoms with E-state index in [0.29, 0.717) is 11.3 Å². The summed E-state index contributed by atoms with van der Waals surface area (Å²) < 4.78 is 32.8. The maximum absolute atomic E-state index is 13.4. The molecule has 1 aromatic carbocycles. The van der Waals surface area contributed by atoms with E-state index in [0.717, 1.165) is 6.07 Å². The molecule has 0 saturated carbocycles. The van der Waals surface area contributed by atoms with E-state index in [9.17, 15) is 13.6 Å². The number of carbonyl (C=O) groups is 1. The smallest absolute Gasteiger partial charge is 0.341 e. The first-order valence-electron chi connectivity index (χ1n) is 5.59. The van der Waals surface area contributed by atoms with Crippen LogP contribution < -0.4 is 0 Å². The fraction of sp³-hybridized carbons (Fsp3) is 0.231. The van der Waals surface area contributed by atoms with Gasteiger partial charge in [0.2, 0.25) is 0 Å². The second kappa shape index (κ2) is 5.17. The SMILES string of the molecule is Cc1c(C(=O)OCc2cccc(F)c2F)cnn1C. The van der Waals surface area contributed by atoms with Crippen LogP contribution in [-0.4, -0.2) is 15.7 Å². The Hall–Kier alpha value is -2.24. The Morgan fingerprint density at radius 2 is 2.16 bits per heavy atom. The number of halogens is 2. The van der Waals surface area contributed by atoms with Crippen LogP contribution in [0.4, 0.5) is 8.78 Å². The Balaban J connectivity index is 2.09. The molecule has 6 heteroatoms. The zero-order valence-electron chi connectivity index (χ0n) is 10.5. The number of rotatable bonds is 3. The van der Waals surface area contributed by atoms with E-state index < -0.39 is 17.6 Å². The molecule has 0 fully saturated rings. The standard InChI is InChI=1S/C13H12F2N2O2/c1-8-10(6-16-17(8)2)13(18)19-7-9-4-3-5-11(14)12(9)15/h3-6H,7H2,1-2H3. The highest BCUT2D eigenvalue weighted by atomic mass is 19.2. The number of ether oxygens (including phenoxy) is 1. The average Bonchev–Trinajstić information content (AvgIpc) is 2.72. The van der Waals surface area contributed by atoms with Gasteiger partial charge in [0.15, 0.2) is 11.6 Å². The van der Waals surface area contributed by atoms with Crippen LogP contribution in [0.2, 0.25) is 0 Å². The molecule has 0 amide bonds. The van der Waals surface area contributed by atoms with E-state index in [1.54, 1.807) is 14.0 Å². The highest BCUT2D eigenvalue weighted by Gasteiger charge is 2.15. The third-order valence-electron chi connectivity index (χ3n) is 2.85. The molecule has 0 aliphatic rings. The van der Waals surface area contributed by atoms with Crippen molar-refractivity contribution in [2.75, 3.05) is 0 Å². The van der Waals surface area contributed by atoms with Crippen LogP contribution in [0.5, 0.6) is 0 Å². The van der Waals surface area contributed by atoms with Crippen LogP contribution in [0, 0.1) is 18.6 Å². The molecule has 0 spiro atoms. The van der Waals surface area contributed by atoms with E-state index in [1.807, 2.05) is 0 Å². The van der Waals surface area contributed by atoms with E-state index in [-0.39, 0.29) is 12.2 Å². The number of hydrogen-bond acceptors (Lipinski definition) is 3. The Morgan fingerprint density at radius 1 is 1.42 bits per heavy atom. The van der Waals surface area contributed by atoms with Gasteiger partial charge in [-0.1, -0.05) is 12.1 Å². The van der Waals surface area contributed by atoms with Gasteiger partial charge in [0.1, 0.15) is 12.2 Å². The number of carbonyl (C=O) groups excluding carboxylic acids is 1. The molecule has 19 heavy (non-hydrogen) atoms. The molecule has 100 valence electrons. The zero-order chi connectivity index (χ0) is 14.0. The van der Waals surface area contributed by atoms with Gasteiger partial charge in [-0.3, -0.25) is 4.68 Å². The first kappa shape index (κ1) is 13.2. The van der Waals surface area contributed by atoms with Crippen LogP contribution in [0.25, 0.3) is 0 Å². The van der Waals surface area contributed by atoms with Crippen molar-refractivity contribution in [2.24, 2.45) is 7.05 Å². The lowest BCUT2D eigenvalue weighted by atomic mass is 10.2. The van der Waals surface area contributed by atoms with Gasteiger partial charge in [0, 0.05) is 18.3 Å². The fourth-order valence-electron chi connectivity index (χ4n) is 1.58. The van der Waals surface area contributed by atoms with Gasteiger partial charge < -0.3 is 4.74 Å². The van der Waals surface area contributed by atoms with E-state index in [2.05, 4.69) is 5.10 Å². The van der Waals surface area contributed by atoms with Crippen molar-refractivity contribution in [1.82, 2.24) is 9.78 Å². The summed E-state index contributed by atoms with van der Waals surface area (Å²) in [5, 5.41) is 3.91. The first-order valence-corrected chi connectivity index (χ1v) is 5.59. The molecule has 1 heterocycles. The van der Waals surface area contributed by atoms with Crippen molar-refractivity contribution in [3.63, 3.8) is 0 Å². The van der Waals surface area contributed by atoms with Crippen molar-refractivity contribution in [3.8, 4) is 0 Å². The third-order valence-corrected chi connectivity index (χ3v) is 2.85. The Bertz CT molecular complexity index is 623. The van der Waals surface area contributed by atoms with Crippen molar-refractivity contribution in [1.29, 1.82) is 0 Å². The van der Waals surface area contributed by atoms with Gasteiger partial charge in [0.05, 0.1) is 6.20 Å². The fourth-order valence-corrected chi connectivity index (χ4v) is 1.58. The molecule has 0 N–H and O–H groups in total. The Labute approximate surface area is 108 Å². The maximum Gasteiger partial charge on any atom is 0.341 e. The molecule has 0 aliphatic carbocycles. The molecule has 0 atom stereocenters. The number of nitrogens with zero attached hydrogens (tertiary/aromatic N) is 2. The van der Waals surface area contributed by atoms with Crippen molar-refractivity contribution < 1.29 is 18.3 Å². The topological polar surface area (TPSA) is 44.1 Å². The minimum atomic E-state index is -1.00. The van der Waals surface area contributed by atoms with Crippen LogP contribution in [0.1, 0.15) is 21.6 Å². The lowest BCUT2D eigenvalue weighted by Crippen LogP contribution is -2.08. The summed E-state index contributed by atoms with van der Waals surface area (Å²) in [6.07, 6.45) is 1.37. The maximum atomic E-state index is 13.4. The van der Waals surface area contributed by atoms with E-state index in [4.69, 9.17) is 4.74 Å². The van der Waals surface area contributed by atoms with Crippen LogP contribution in [-0.2, 0) is 18.4 Å². The second-order valence-corrected chi connectivity index (χ2v) is 4.06. The largest absolute Gasteiger partial charge is 0.457 e. The zero-order valence-corrected chi connectivity index (χ0v) is 10.5. The summed E-state index contributed by atoms with van der Waals surface area (Å²) in [7, 11) is 1.69.